The summed E-state index contributed by atoms with van der Waals surface area (Å²) >= 11 is 11.3. The Hall–Kier alpha value is -0.240. The predicted octanol–water partition coefficient (Wildman–Crippen LogP) is 3.65. The zero-order chi connectivity index (χ0) is 10.7. The fourth-order valence-electron chi connectivity index (χ4n) is 1.44. The van der Waals surface area contributed by atoms with Crippen LogP contribution in [-0.2, 0) is 0 Å². The van der Waals surface area contributed by atoms with E-state index in [1.807, 2.05) is 24.3 Å². The van der Waals surface area contributed by atoms with E-state index >= 15 is 0 Å². The third kappa shape index (κ3) is 2.63. The van der Waals surface area contributed by atoms with Crippen molar-refractivity contribution in [3.63, 3.8) is 0 Å². The molecule has 14 heavy (non-hydrogen) atoms. The molecule has 1 nitrogen and oxygen atoms in total. The van der Waals surface area contributed by atoms with E-state index in [9.17, 15) is 5.11 Å². The van der Waals surface area contributed by atoms with Crippen LogP contribution in [0.4, 0.5) is 0 Å². The Labute approximate surface area is 94.7 Å². The predicted molar refractivity (Wildman–Crippen MR) is 61.0 cm³/mol. The van der Waals surface area contributed by atoms with Gasteiger partial charge in [-0.05, 0) is 17.0 Å². The molecule has 0 aliphatic rings. The third-order valence-electron chi connectivity index (χ3n) is 2.18. The van der Waals surface area contributed by atoms with Crippen molar-refractivity contribution in [1.82, 2.24) is 0 Å². The van der Waals surface area contributed by atoms with E-state index in [0.29, 0.717) is 5.92 Å². The number of aliphatic hydroxyl groups excluding tert-OH is 1. The number of rotatable bonds is 3. The van der Waals surface area contributed by atoms with Gasteiger partial charge in [0, 0.05) is 0 Å². The normalized spacial score (nSPS) is 13.6. The van der Waals surface area contributed by atoms with Crippen LogP contribution >= 0.6 is 23.2 Å². The molecule has 0 aliphatic carbocycles. The topological polar surface area (TPSA) is 20.2 Å². The van der Waals surface area contributed by atoms with Gasteiger partial charge in [0.2, 0.25) is 0 Å². The Balaban J connectivity index is 3.06. The smallest absolute Gasteiger partial charge is 0.137 e. The molecule has 0 spiro atoms. The first-order valence-electron chi connectivity index (χ1n) is 4.59. The van der Waals surface area contributed by atoms with Crippen molar-refractivity contribution in [3.8, 4) is 0 Å². The van der Waals surface area contributed by atoms with Gasteiger partial charge in [0.25, 0.3) is 0 Å². The maximum absolute atomic E-state index is 9.76. The molecule has 1 atom stereocenters. The van der Waals surface area contributed by atoms with Crippen molar-refractivity contribution < 1.29 is 5.11 Å². The summed E-state index contributed by atoms with van der Waals surface area (Å²) in [7, 11) is 0. The first kappa shape index (κ1) is 11.8. The minimum Gasteiger partial charge on any atom is -0.386 e. The Morgan fingerprint density at radius 1 is 1.07 bits per heavy atom. The molecule has 3 heteroatoms. The van der Waals surface area contributed by atoms with Crippen molar-refractivity contribution in [2.75, 3.05) is 0 Å². The molecule has 78 valence electrons. The molecule has 0 bridgehead atoms. The van der Waals surface area contributed by atoms with Crippen LogP contribution in [0.5, 0.6) is 0 Å². The number of hydrogen-bond acceptors (Lipinski definition) is 1. The van der Waals surface area contributed by atoms with Crippen molar-refractivity contribution in [1.29, 1.82) is 0 Å². The fraction of sp³-hybridized carbons (Fsp3) is 0.455. The number of halogens is 2. The summed E-state index contributed by atoms with van der Waals surface area (Å²) in [5.41, 5.74) is 1.91. The molecule has 1 rings (SSSR count). The van der Waals surface area contributed by atoms with Gasteiger partial charge < -0.3 is 5.11 Å². The van der Waals surface area contributed by atoms with Crippen LogP contribution in [-0.4, -0.2) is 9.94 Å². The number of benzene rings is 1. The summed E-state index contributed by atoms with van der Waals surface area (Å²) in [6.45, 7) is 4.14. The van der Waals surface area contributed by atoms with E-state index in [2.05, 4.69) is 13.8 Å². The van der Waals surface area contributed by atoms with Crippen molar-refractivity contribution in [2.24, 2.45) is 0 Å². The number of hydrogen-bond donors (Lipinski definition) is 1. The Bertz CT molecular complexity index is 297. The lowest BCUT2D eigenvalue weighted by molar-refractivity contribution is 0.191. The van der Waals surface area contributed by atoms with Gasteiger partial charge >= 0.3 is 0 Å². The van der Waals surface area contributed by atoms with Gasteiger partial charge in [0.1, 0.15) is 10.9 Å². The van der Waals surface area contributed by atoms with Crippen LogP contribution < -0.4 is 0 Å². The lowest BCUT2D eigenvalue weighted by Crippen LogP contribution is -2.09. The molecule has 0 aliphatic heterocycles. The first-order valence-corrected chi connectivity index (χ1v) is 5.46. The van der Waals surface area contributed by atoms with Gasteiger partial charge in [0.15, 0.2) is 0 Å². The zero-order valence-electron chi connectivity index (χ0n) is 8.24. The van der Waals surface area contributed by atoms with Crippen LogP contribution in [0.3, 0.4) is 0 Å². The SMILES string of the molecule is CC(C)c1ccccc1C(O)C(Cl)Cl. The molecule has 0 radical (unpaired) electrons. The Morgan fingerprint density at radius 2 is 1.57 bits per heavy atom. The Morgan fingerprint density at radius 3 is 2.00 bits per heavy atom. The number of alkyl halides is 2. The second-order valence-corrected chi connectivity index (χ2v) is 4.73. The van der Waals surface area contributed by atoms with Gasteiger partial charge in [0.05, 0.1) is 0 Å². The largest absolute Gasteiger partial charge is 0.386 e. The van der Waals surface area contributed by atoms with E-state index in [1.165, 1.54) is 0 Å². The average molecular weight is 233 g/mol. The van der Waals surface area contributed by atoms with E-state index in [4.69, 9.17) is 23.2 Å². The van der Waals surface area contributed by atoms with E-state index in [-0.39, 0.29) is 0 Å². The second-order valence-electron chi connectivity index (χ2n) is 3.56. The third-order valence-corrected chi connectivity index (χ3v) is 2.65. The summed E-state index contributed by atoms with van der Waals surface area (Å²) in [5, 5.41) is 9.76. The molecule has 0 aromatic heterocycles. The molecule has 0 saturated heterocycles. The minimum atomic E-state index is -0.808. The molecule has 0 amide bonds. The lowest BCUT2D eigenvalue weighted by Gasteiger charge is -2.18. The van der Waals surface area contributed by atoms with Crippen molar-refractivity contribution >= 4 is 23.2 Å². The quantitative estimate of drug-likeness (QED) is 0.790. The Kier molecular flexibility index (Phi) is 4.24. The zero-order valence-corrected chi connectivity index (χ0v) is 9.76. The van der Waals surface area contributed by atoms with Crippen molar-refractivity contribution in [2.45, 2.75) is 30.7 Å². The van der Waals surface area contributed by atoms with Gasteiger partial charge in [-0.2, -0.15) is 0 Å². The average Bonchev–Trinajstić information content (AvgIpc) is 2.16. The molecule has 0 saturated carbocycles. The van der Waals surface area contributed by atoms with E-state index in [1.54, 1.807) is 0 Å². The first-order chi connectivity index (χ1) is 6.54. The molecule has 1 aromatic rings. The monoisotopic (exact) mass is 232 g/mol. The molecule has 1 aromatic carbocycles. The summed E-state index contributed by atoms with van der Waals surface area (Å²) < 4.78 is 0. The van der Waals surface area contributed by atoms with Crippen molar-refractivity contribution in [3.05, 3.63) is 35.4 Å². The van der Waals surface area contributed by atoms with Gasteiger partial charge in [-0.25, -0.2) is 0 Å². The summed E-state index contributed by atoms with van der Waals surface area (Å²) in [4.78, 5) is -0.783. The van der Waals surface area contributed by atoms with Crippen LogP contribution in [0.1, 0.15) is 37.0 Å². The maximum Gasteiger partial charge on any atom is 0.137 e. The van der Waals surface area contributed by atoms with Gasteiger partial charge in [-0.3, -0.25) is 0 Å². The summed E-state index contributed by atoms with van der Waals surface area (Å²) in [5.74, 6) is 0.355. The van der Waals surface area contributed by atoms with Crippen LogP contribution in [0.2, 0.25) is 0 Å². The molecule has 0 fully saturated rings. The highest BCUT2D eigenvalue weighted by molar-refractivity contribution is 6.44. The second kappa shape index (κ2) is 5.01. The van der Waals surface area contributed by atoms with Crippen LogP contribution in [0.25, 0.3) is 0 Å². The molecular weight excluding hydrogens is 219 g/mol. The van der Waals surface area contributed by atoms with Crippen LogP contribution in [0, 0.1) is 0 Å². The highest BCUT2D eigenvalue weighted by Crippen LogP contribution is 2.30. The van der Waals surface area contributed by atoms with E-state index < -0.39 is 10.9 Å². The molecule has 1 unspecified atom stereocenters. The number of aliphatic hydroxyl groups is 1. The van der Waals surface area contributed by atoms with E-state index in [0.717, 1.165) is 11.1 Å². The minimum absolute atomic E-state index is 0.355. The molecular formula is C11H14Cl2O. The summed E-state index contributed by atoms with van der Waals surface area (Å²) in [6, 6.07) is 7.67. The fourth-order valence-corrected chi connectivity index (χ4v) is 1.71. The van der Waals surface area contributed by atoms with Gasteiger partial charge in [-0.1, -0.05) is 38.1 Å². The standard InChI is InChI=1S/C11H14Cl2O/c1-7(2)8-5-3-4-6-9(8)10(14)11(12)13/h3-7,10-11,14H,1-2H3. The highest BCUT2D eigenvalue weighted by atomic mass is 35.5. The van der Waals surface area contributed by atoms with Gasteiger partial charge in [-0.15, -0.1) is 23.2 Å². The highest BCUT2D eigenvalue weighted by Gasteiger charge is 2.19. The van der Waals surface area contributed by atoms with Crippen LogP contribution in [0.15, 0.2) is 24.3 Å². The lowest BCUT2D eigenvalue weighted by atomic mass is 9.94. The molecule has 1 N–H and O–H groups in total. The summed E-state index contributed by atoms with van der Waals surface area (Å²) in [6.07, 6.45) is -0.808. The maximum atomic E-state index is 9.76. The molecule has 0 heterocycles.